The van der Waals surface area contributed by atoms with Crippen LogP contribution in [0.25, 0.3) is 0 Å². The fourth-order valence-corrected chi connectivity index (χ4v) is 4.14. The third-order valence-corrected chi connectivity index (χ3v) is 6.06. The average Bonchev–Trinajstić information content (AvgIpc) is 2.73. The van der Waals surface area contributed by atoms with E-state index in [1.807, 2.05) is 6.92 Å². The number of thioether (sulfide) groups is 1. The fraction of sp³-hybridized carbons (Fsp3) is 0.381. The molecular formula is C21H25FN4O2S. The fourth-order valence-electron chi connectivity index (χ4n) is 3.29. The van der Waals surface area contributed by atoms with E-state index in [4.69, 9.17) is 5.73 Å². The second-order valence-corrected chi connectivity index (χ2v) is 8.25. The lowest BCUT2D eigenvalue weighted by atomic mass is 10.1. The molecule has 29 heavy (non-hydrogen) atoms. The zero-order chi connectivity index (χ0) is 20.8. The van der Waals surface area contributed by atoms with Crippen molar-refractivity contribution in [3.05, 3.63) is 60.2 Å². The Morgan fingerprint density at radius 2 is 2.03 bits per heavy atom. The molecule has 1 aliphatic rings. The van der Waals surface area contributed by atoms with Crippen LogP contribution in [0.1, 0.15) is 23.7 Å². The summed E-state index contributed by atoms with van der Waals surface area (Å²) >= 11 is 1.51. The van der Waals surface area contributed by atoms with E-state index in [1.165, 1.54) is 23.9 Å². The summed E-state index contributed by atoms with van der Waals surface area (Å²) in [5, 5.41) is 0. The first-order valence-corrected chi connectivity index (χ1v) is 10.6. The normalized spacial score (nSPS) is 17.8. The Morgan fingerprint density at radius 3 is 2.69 bits per heavy atom. The van der Waals surface area contributed by atoms with E-state index in [2.05, 4.69) is 4.98 Å². The molecule has 0 unspecified atom stereocenters. The second kappa shape index (κ2) is 9.84. The van der Waals surface area contributed by atoms with Crippen molar-refractivity contribution < 1.29 is 14.0 Å². The van der Waals surface area contributed by atoms with Gasteiger partial charge in [-0.2, -0.15) is 0 Å². The Bertz CT molecular complexity index is 834. The summed E-state index contributed by atoms with van der Waals surface area (Å²) in [7, 11) is 0. The molecule has 1 fully saturated rings. The number of halogens is 1. The van der Waals surface area contributed by atoms with Gasteiger partial charge in [0, 0.05) is 61.2 Å². The van der Waals surface area contributed by atoms with E-state index in [0.717, 1.165) is 4.90 Å². The molecule has 2 heterocycles. The van der Waals surface area contributed by atoms with Crippen LogP contribution in [-0.2, 0) is 4.79 Å². The predicted octanol–water partition coefficient (Wildman–Crippen LogP) is 2.40. The van der Waals surface area contributed by atoms with Crippen molar-refractivity contribution in [2.75, 3.05) is 25.4 Å². The number of piperazine rings is 1. The molecule has 3 rings (SSSR count). The van der Waals surface area contributed by atoms with Crippen LogP contribution in [0.3, 0.4) is 0 Å². The largest absolute Gasteiger partial charge is 0.339 e. The number of nitrogens with zero attached hydrogens (tertiary/aromatic N) is 3. The molecule has 154 valence electrons. The first-order valence-electron chi connectivity index (χ1n) is 9.56. The summed E-state index contributed by atoms with van der Waals surface area (Å²) in [4.78, 5) is 33.8. The molecule has 2 aromatic rings. The highest BCUT2D eigenvalue weighted by Gasteiger charge is 2.30. The lowest BCUT2D eigenvalue weighted by molar-refractivity contribution is -0.133. The number of pyridine rings is 1. The molecule has 8 heteroatoms. The van der Waals surface area contributed by atoms with Crippen LogP contribution in [0.15, 0.2) is 53.7 Å². The van der Waals surface area contributed by atoms with E-state index in [1.54, 1.807) is 46.5 Å². The number of carbonyl (C=O) groups excluding carboxylic acids is 2. The van der Waals surface area contributed by atoms with Gasteiger partial charge in [-0.25, -0.2) is 4.39 Å². The van der Waals surface area contributed by atoms with Crippen LogP contribution >= 0.6 is 11.8 Å². The van der Waals surface area contributed by atoms with Gasteiger partial charge in [-0.3, -0.25) is 14.6 Å². The van der Waals surface area contributed by atoms with Crippen LogP contribution in [0, 0.1) is 5.82 Å². The predicted molar refractivity (Wildman–Crippen MR) is 111 cm³/mol. The molecule has 2 N–H and O–H groups in total. The van der Waals surface area contributed by atoms with Crippen LogP contribution in [-0.4, -0.2) is 64.1 Å². The maximum Gasteiger partial charge on any atom is 0.255 e. The standard InChI is InChI=1S/C21H25FN4O2S/c1-15-13-25(9-10-26(15)21(28)16-3-2-8-24-12-16)20(27)11-18(23)14-29-19-6-4-17(22)5-7-19/h2-8,12,15,18H,9-11,13-14,23H2,1H3/t15-,18-/m0/s1. The summed E-state index contributed by atoms with van der Waals surface area (Å²) in [6.45, 7) is 3.41. The van der Waals surface area contributed by atoms with E-state index < -0.39 is 0 Å². The van der Waals surface area contributed by atoms with E-state index in [0.29, 0.717) is 31.0 Å². The molecule has 0 spiro atoms. The van der Waals surface area contributed by atoms with Crippen molar-refractivity contribution in [2.45, 2.75) is 30.3 Å². The van der Waals surface area contributed by atoms with E-state index in [-0.39, 0.29) is 36.1 Å². The molecule has 6 nitrogen and oxygen atoms in total. The summed E-state index contributed by atoms with van der Waals surface area (Å²) in [6, 6.07) is 9.34. The van der Waals surface area contributed by atoms with Crippen molar-refractivity contribution in [2.24, 2.45) is 5.73 Å². The summed E-state index contributed by atoms with van der Waals surface area (Å²) in [6.07, 6.45) is 3.44. The molecule has 1 aromatic heterocycles. The van der Waals surface area contributed by atoms with E-state index in [9.17, 15) is 14.0 Å². The number of benzene rings is 1. The third-order valence-electron chi connectivity index (χ3n) is 4.86. The molecule has 0 bridgehead atoms. The van der Waals surface area contributed by atoms with Gasteiger partial charge in [0.15, 0.2) is 0 Å². The first-order chi connectivity index (χ1) is 13.9. The van der Waals surface area contributed by atoms with Crippen molar-refractivity contribution in [1.82, 2.24) is 14.8 Å². The van der Waals surface area contributed by atoms with Gasteiger partial charge >= 0.3 is 0 Å². The highest BCUT2D eigenvalue weighted by atomic mass is 32.2. The minimum absolute atomic E-state index is 0.00228. The number of amides is 2. The summed E-state index contributed by atoms with van der Waals surface area (Å²) < 4.78 is 13.0. The first kappa shape index (κ1) is 21.3. The quantitative estimate of drug-likeness (QED) is 0.732. The summed E-state index contributed by atoms with van der Waals surface area (Å²) in [5.74, 6) is 0.235. The molecule has 0 radical (unpaired) electrons. The molecule has 2 atom stereocenters. The number of hydrogen-bond acceptors (Lipinski definition) is 5. The number of rotatable bonds is 6. The van der Waals surface area contributed by atoms with Gasteiger partial charge < -0.3 is 15.5 Å². The molecule has 2 amide bonds. The van der Waals surface area contributed by atoms with Gasteiger partial charge in [-0.15, -0.1) is 11.8 Å². The molecule has 0 aliphatic carbocycles. The monoisotopic (exact) mass is 416 g/mol. The van der Waals surface area contributed by atoms with Gasteiger partial charge in [0.2, 0.25) is 5.91 Å². The maximum atomic E-state index is 13.0. The Hall–Kier alpha value is -2.45. The number of aromatic nitrogens is 1. The Morgan fingerprint density at radius 1 is 1.28 bits per heavy atom. The zero-order valence-corrected chi connectivity index (χ0v) is 17.1. The average molecular weight is 417 g/mol. The van der Waals surface area contributed by atoms with Crippen LogP contribution in [0.4, 0.5) is 4.39 Å². The van der Waals surface area contributed by atoms with Crippen molar-refractivity contribution in [3.63, 3.8) is 0 Å². The van der Waals surface area contributed by atoms with Crippen molar-refractivity contribution in [1.29, 1.82) is 0 Å². The van der Waals surface area contributed by atoms with Crippen LogP contribution in [0.2, 0.25) is 0 Å². The molecule has 0 saturated carbocycles. The van der Waals surface area contributed by atoms with Gasteiger partial charge in [-0.1, -0.05) is 0 Å². The highest BCUT2D eigenvalue weighted by molar-refractivity contribution is 7.99. The minimum Gasteiger partial charge on any atom is -0.339 e. The molecule has 1 saturated heterocycles. The highest BCUT2D eigenvalue weighted by Crippen LogP contribution is 2.20. The molecule has 1 aliphatic heterocycles. The zero-order valence-electron chi connectivity index (χ0n) is 16.3. The number of carbonyl (C=O) groups is 2. The lowest BCUT2D eigenvalue weighted by Crippen LogP contribution is -2.56. The van der Waals surface area contributed by atoms with Crippen molar-refractivity contribution in [3.8, 4) is 0 Å². The Kier molecular flexibility index (Phi) is 7.22. The van der Waals surface area contributed by atoms with Gasteiger partial charge in [0.05, 0.1) is 5.56 Å². The van der Waals surface area contributed by atoms with Crippen LogP contribution < -0.4 is 5.73 Å². The second-order valence-electron chi connectivity index (χ2n) is 7.16. The van der Waals surface area contributed by atoms with Gasteiger partial charge in [0.1, 0.15) is 5.82 Å². The lowest BCUT2D eigenvalue weighted by Gasteiger charge is -2.40. The topological polar surface area (TPSA) is 79.5 Å². The number of hydrogen-bond donors (Lipinski definition) is 1. The molecular weight excluding hydrogens is 391 g/mol. The van der Waals surface area contributed by atoms with Gasteiger partial charge in [0.25, 0.3) is 5.91 Å². The smallest absolute Gasteiger partial charge is 0.255 e. The van der Waals surface area contributed by atoms with E-state index >= 15 is 0 Å². The Labute approximate surface area is 174 Å². The maximum absolute atomic E-state index is 13.0. The van der Waals surface area contributed by atoms with Crippen molar-refractivity contribution >= 4 is 23.6 Å². The van der Waals surface area contributed by atoms with Crippen LogP contribution in [0.5, 0.6) is 0 Å². The SMILES string of the molecule is C[C@H]1CN(C(=O)C[C@H](N)CSc2ccc(F)cc2)CCN1C(=O)c1cccnc1. The number of nitrogens with two attached hydrogens (primary N) is 1. The third kappa shape index (κ3) is 5.77. The molecule has 1 aromatic carbocycles. The minimum atomic E-state index is -0.289. The summed E-state index contributed by atoms with van der Waals surface area (Å²) in [5.41, 5.74) is 6.69. The van der Waals surface area contributed by atoms with Gasteiger partial charge in [-0.05, 0) is 43.3 Å². The Balaban J connectivity index is 1.47.